The van der Waals surface area contributed by atoms with Crippen molar-refractivity contribution in [2.75, 3.05) is 26.2 Å². The molecule has 0 aromatic carbocycles. The fourth-order valence-electron chi connectivity index (χ4n) is 3.62. The van der Waals surface area contributed by atoms with Gasteiger partial charge in [0.25, 0.3) is 0 Å². The van der Waals surface area contributed by atoms with Gasteiger partial charge >= 0.3 is 0 Å². The molecule has 1 aliphatic carbocycles. The van der Waals surface area contributed by atoms with E-state index in [2.05, 4.69) is 11.8 Å². The smallest absolute Gasteiger partial charge is 0.0552 e. The second-order valence-corrected chi connectivity index (χ2v) is 6.87. The summed E-state index contributed by atoms with van der Waals surface area (Å²) in [4.78, 5) is 2.46. The normalized spacial score (nSPS) is 40.0. The molecule has 0 aromatic heterocycles. The molecule has 106 valence electrons. The molecular formula is C15H29NO2. The maximum Gasteiger partial charge on any atom is 0.0552 e. The molecule has 1 saturated carbocycles. The van der Waals surface area contributed by atoms with Crippen LogP contribution in [0.15, 0.2) is 0 Å². The Labute approximate surface area is 111 Å². The lowest BCUT2D eigenvalue weighted by Gasteiger charge is -2.40. The summed E-state index contributed by atoms with van der Waals surface area (Å²) in [6.45, 7) is 7.68. The highest BCUT2D eigenvalue weighted by molar-refractivity contribution is 4.90. The Morgan fingerprint density at radius 2 is 1.94 bits per heavy atom. The fraction of sp³-hybridized carbons (Fsp3) is 1.00. The molecule has 3 nitrogen and oxygen atoms in total. The van der Waals surface area contributed by atoms with Crippen molar-refractivity contribution >= 4 is 0 Å². The minimum absolute atomic E-state index is 0.139. The van der Waals surface area contributed by atoms with Gasteiger partial charge in [-0.2, -0.15) is 0 Å². The van der Waals surface area contributed by atoms with Gasteiger partial charge in [0.2, 0.25) is 0 Å². The van der Waals surface area contributed by atoms with E-state index in [0.717, 1.165) is 32.0 Å². The zero-order valence-corrected chi connectivity index (χ0v) is 11.9. The van der Waals surface area contributed by atoms with E-state index in [-0.39, 0.29) is 11.5 Å². The van der Waals surface area contributed by atoms with Crippen molar-refractivity contribution in [1.82, 2.24) is 4.90 Å². The van der Waals surface area contributed by atoms with E-state index in [9.17, 15) is 10.2 Å². The van der Waals surface area contributed by atoms with Crippen LogP contribution >= 0.6 is 0 Å². The maximum atomic E-state index is 9.79. The first-order valence-corrected chi connectivity index (χ1v) is 7.56. The van der Waals surface area contributed by atoms with Crippen molar-refractivity contribution in [3.63, 3.8) is 0 Å². The number of hydrogen-bond acceptors (Lipinski definition) is 3. The predicted molar refractivity (Wildman–Crippen MR) is 73.4 cm³/mol. The second kappa shape index (κ2) is 5.89. The summed E-state index contributed by atoms with van der Waals surface area (Å²) >= 11 is 0. The zero-order chi connectivity index (χ0) is 13.2. The Hall–Kier alpha value is -0.120. The standard InChI is InChI=1S/C15H29NO2/c1-12-3-6-15(11-17,7-4-12)10-16-8-5-14(9-16)13(2)18/h12-14,17-18H,3-11H2,1-2H3. The van der Waals surface area contributed by atoms with E-state index < -0.39 is 0 Å². The molecule has 2 aliphatic rings. The molecule has 2 atom stereocenters. The van der Waals surface area contributed by atoms with Gasteiger partial charge in [-0.3, -0.25) is 0 Å². The molecule has 0 spiro atoms. The summed E-state index contributed by atoms with van der Waals surface area (Å²) in [5, 5.41) is 19.4. The lowest BCUT2D eigenvalue weighted by atomic mass is 9.71. The Kier molecular flexibility index (Phi) is 4.68. The molecule has 1 heterocycles. The quantitative estimate of drug-likeness (QED) is 0.806. The van der Waals surface area contributed by atoms with E-state index in [4.69, 9.17) is 0 Å². The fourth-order valence-corrected chi connectivity index (χ4v) is 3.62. The highest BCUT2D eigenvalue weighted by atomic mass is 16.3. The molecular weight excluding hydrogens is 226 g/mol. The molecule has 0 aromatic rings. The van der Waals surface area contributed by atoms with Crippen LogP contribution in [0.2, 0.25) is 0 Å². The van der Waals surface area contributed by atoms with E-state index in [1.807, 2.05) is 6.92 Å². The lowest BCUT2D eigenvalue weighted by Crippen LogP contribution is -2.42. The van der Waals surface area contributed by atoms with Crippen molar-refractivity contribution in [1.29, 1.82) is 0 Å². The number of rotatable bonds is 4. The average molecular weight is 255 g/mol. The predicted octanol–water partition coefficient (Wildman–Crippen LogP) is 1.88. The van der Waals surface area contributed by atoms with Gasteiger partial charge in [-0.15, -0.1) is 0 Å². The van der Waals surface area contributed by atoms with Crippen LogP contribution in [0.1, 0.15) is 46.0 Å². The number of aliphatic hydroxyl groups excluding tert-OH is 2. The number of likely N-dealkylation sites (tertiary alicyclic amines) is 1. The monoisotopic (exact) mass is 255 g/mol. The molecule has 2 N–H and O–H groups in total. The Morgan fingerprint density at radius 1 is 1.28 bits per heavy atom. The largest absolute Gasteiger partial charge is 0.396 e. The van der Waals surface area contributed by atoms with Crippen LogP contribution in [0.5, 0.6) is 0 Å². The van der Waals surface area contributed by atoms with Crippen molar-refractivity contribution in [2.24, 2.45) is 17.3 Å². The third-order valence-electron chi connectivity index (χ3n) is 5.22. The van der Waals surface area contributed by atoms with Crippen molar-refractivity contribution in [3.05, 3.63) is 0 Å². The first-order chi connectivity index (χ1) is 8.54. The molecule has 1 saturated heterocycles. The average Bonchev–Trinajstić information content (AvgIpc) is 2.81. The molecule has 3 heteroatoms. The van der Waals surface area contributed by atoms with Crippen molar-refractivity contribution in [3.8, 4) is 0 Å². The lowest BCUT2D eigenvalue weighted by molar-refractivity contribution is 0.0324. The summed E-state index contributed by atoms with van der Waals surface area (Å²) in [6.07, 6.45) is 5.77. The van der Waals surface area contributed by atoms with Crippen molar-refractivity contribution in [2.45, 2.75) is 52.1 Å². The van der Waals surface area contributed by atoms with Gasteiger partial charge in [-0.05, 0) is 44.6 Å². The van der Waals surface area contributed by atoms with Gasteiger partial charge in [0.15, 0.2) is 0 Å². The van der Waals surface area contributed by atoms with Gasteiger partial charge in [0.1, 0.15) is 0 Å². The SMILES string of the molecule is CC1CCC(CO)(CN2CCC(C(C)O)C2)CC1. The molecule has 0 bridgehead atoms. The maximum absolute atomic E-state index is 9.79. The van der Waals surface area contributed by atoms with E-state index >= 15 is 0 Å². The van der Waals surface area contributed by atoms with Crippen LogP contribution in [0.3, 0.4) is 0 Å². The topological polar surface area (TPSA) is 43.7 Å². The molecule has 0 amide bonds. The molecule has 2 rings (SSSR count). The van der Waals surface area contributed by atoms with E-state index in [0.29, 0.717) is 12.5 Å². The van der Waals surface area contributed by atoms with Crippen LogP contribution in [-0.4, -0.2) is 47.5 Å². The third-order valence-corrected chi connectivity index (χ3v) is 5.22. The summed E-state index contributed by atoms with van der Waals surface area (Å²) in [7, 11) is 0. The van der Waals surface area contributed by atoms with Crippen LogP contribution in [0.4, 0.5) is 0 Å². The van der Waals surface area contributed by atoms with Crippen LogP contribution in [0.25, 0.3) is 0 Å². The summed E-state index contributed by atoms with van der Waals surface area (Å²) in [5.74, 6) is 1.26. The summed E-state index contributed by atoms with van der Waals surface area (Å²) in [6, 6.07) is 0. The third kappa shape index (κ3) is 3.25. The number of hydrogen-bond donors (Lipinski definition) is 2. The van der Waals surface area contributed by atoms with Gasteiger partial charge in [0.05, 0.1) is 6.10 Å². The van der Waals surface area contributed by atoms with E-state index in [1.165, 1.54) is 25.7 Å². The minimum atomic E-state index is -0.188. The van der Waals surface area contributed by atoms with Crippen LogP contribution in [0, 0.1) is 17.3 Å². The Balaban J connectivity index is 1.87. The van der Waals surface area contributed by atoms with Crippen molar-refractivity contribution < 1.29 is 10.2 Å². The molecule has 2 unspecified atom stereocenters. The summed E-state index contributed by atoms with van der Waals surface area (Å²) in [5.41, 5.74) is 0.139. The highest BCUT2D eigenvalue weighted by Crippen LogP contribution is 2.40. The van der Waals surface area contributed by atoms with Gasteiger partial charge < -0.3 is 15.1 Å². The number of nitrogens with zero attached hydrogens (tertiary/aromatic N) is 1. The first-order valence-electron chi connectivity index (χ1n) is 7.56. The van der Waals surface area contributed by atoms with Crippen LogP contribution < -0.4 is 0 Å². The number of aliphatic hydroxyl groups is 2. The second-order valence-electron chi connectivity index (χ2n) is 6.87. The highest BCUT2D eigenvalue weighted by Gasteiger charge is 2.37. The van der Waals surface area contributed by atoms with Gasteiger partial charge in [0, 0.05) is 25.1 Å². The first kappa shape index (κ1) is 14.3. The zero-order valence-electron chi connectivity index (χ0n) is 11.9. The molecule has 18 heavy (non-hydrogen) atoms. The Morgan fingerprint density at radius 3 is 2.44 bits per heavy atom. The Bertz CT molecular complexity index is 259. The van der Waals surface area contributed by atoms with Gasteiger partial charge in [-0.1, -0.05) is 19.8 Å². The van der Waals surface area contributed by atoms with Gasteiger partial charge in [-0.25, -0.2) is 0 Å². The summed E-state index contributed by atoms with van der Waals surface area (Å²) < 4.78 is 0. The van der Waals surface area contributed by atoms with Crippen LogP contribution in [-0.2, 0) is 0 Å². The van der Waals surface area contributed by atoms with E-state index in [1.54, 1.807) is 0 Å². The molecule has 2 fully saturated rings. The molecule has 1 aliphatic heterocycles. The minimum Gasteiger partial charge on any atom is -0.396 e. The molecule has 0 radical (unpaired) electrons.